The molecule has 1 aliphatic rings. The lowest BCUT2D eigenvalue weighted by Crippen LogP contribution is -2.38. The van der Waals surface area contributed by atoms with Gasteiger partial charge < -0.3 is 10.2 Å². The van der Waals surface area contributed by atoms with Crippen LogP contribution < -0.4 is 5.32 Å². The average molecular weight is 590 g/mol. The summed E-state index contributed by atoms with van der Waals surface area (Å²) in [7, 11) is 0. The van der Waals surface area contributed by atoms with E-state index in [1.54, 1.807) is 4.52 Å². The number of nitrogens with zero attached hydrogens (tertiary/aromatic N) is 6. The number of carbonyl (C=O) groups is 2. The highest BCUT2D eigenvalue weighted by molar-refractivity contribution is 7.99. The largest absolute Gasteiger partial charge is 0.354 e. The molecule has 3 heterocycles. The van der Waals surface area contributed by atoms with Crippen LogP contribution in [0.3, 0.4) is 0 Å². The topological polar surface area (TPSA) is 95.7 Å². The lowest BCUT2D eigenvalue weighted by molar-refractivity contribution is -0.118. The minimum Gasteiger partial charge on any atom is -0.354 e. The predicted octanol–water partition coefficient (Wildman–Crippen LogP) is 3.84. The summed E-state index contributed by atoms with van der Waals surface area (Å²) in [6, 6.07) is 14.2. The molecule has 1 saturated heterocycles. The molecule has 0 atom stereocenters. The highest BCUT2D eigenvalue weighted by atomic mass is 32.2. The molecule has 2 amide bonds. The number of amides is 2. The van der Waals surface area contributed by atoms with Gasteiger partial charge >= 0.3 is 0 Å². The molecule has 1 N–H and O–H groups in total. The summed E-state index contributed by atoms with van der Waals surface area (Å²) < 4.78 is 15.0. The molecule has 0 saturated carbocycles. The molecular formula is C31H36FN7O2S. The second-order valence-electron chi connectivity index (χ2n) is 10.7. The molecule has 0 bridgehead atoms. The van der Waals surface area contributed by atoms with Gasteiger partial charge in [-0.05, 0) is 69.1 Å². The second kappa shape index (κ2) is 13.4. The minimum atomic E-state index is -0.353. The van der Waals surface area contributed by atoms with E-state index in [0.717, 1.165) is 42.9 Å². The SMILES string of the molecule is Cc1ccc(Cc2c(C)nc3nc(SCC(=O)NCCN4CCCN(C(=O)c5ccc(F)cc5)CC4)nn3c2C)cc1. The van der Waals surface area contributed by atoms with Gasteiger partial charge in [0, 0.05) is 56.1 Å². The Morgan fingerprint density at radius 3 is 2.48 bits per heavy atom. The first-order chi connectivity index (χ1) is 20.3. The summed E-state index contributed by atoms with van der Waals surface area (Å²) in [6.45, 7) is 10.1. The average Bonchev–Trinajstić information content (AvgIpc) is 3.24. The Balaban J connectivity index is 1.08. The highest BCUT2D eigenvalue weighted by Gasteiger charge is 2.20. The van der Waals surface area contributed by atoms with Crippen LogP contribution in [0.4, 0.5) is 4.39 Å². The van der Waals surface area contributed by atoms with Gasteiger partial charge in [-0.25, -0.2) is 13.9 Å². The van der Waals surface area contributed by atoms with E-state index in [1.165, 1.54) is 47.2 Å². The van der Waals surface area contributed by atoms with Crippen LogP contribution in [0, 0.1) is 26.6 Å². The lowest BCUT2D eigenvalue weighted by Gasteiger charge is -2.22. The third-order valence-corrected chi connectivity index (χ3v) is 8.42. The Hall–Kier alpha value is -3.83. The summed E-state index contributed by atoms with van der Waals surface area (Å²) >= 11 is 1.30. The summed E-state index contributed by atoms with van der Waals surface area (Å²) in [5, 5.41) is 8.12. The third-order valence-electron chi connectivity index (χ3n) is 7.58. The Morgan fingerprint density at radius 2 is 1.71 bits per heavy atom. The first-order valence-corrected chi connectivity index (χ1v) is 15.2. The van der Waals surface area contributed by atoms with Gasteiger partial charge in [-0.2, -0.15) is 4.98 Å². The maximum absolute atomic E-state index is 13.2. The fraction of sp³-hybridized carbons (Fsp3) is 0.387. The molecule has 0 radical (unpaired) electrons. The standard InChI is InChI=1S/C31H36FN7O2S/c1-21-5-7-24(8-6-21)19-27-22(2)34-30-35-31(36-39(30)23(27)3)42-20-28(40)33-13-16-37-14-4-15-38(18-17-37)29(41)25-9-11-26(32)12-10-25/h5-12H,4,13-20H2,1-3H3,(H,33,40). The fourth-order valence-electron chi connectivity index (χ4n) is 5.12. The number of hydrogen-bond acceptors (Lipinski definition) is 7. The van der Waals surface area contributed by atoms with E-state index in [4.69, 9.17) is 0 Å². The van der Waals surface area contributed by atoms with E-state index < -0.39 is 0 Å². The molecule has 1 fully saturated rings. The molecule has 0 spiro atoms. The molecule has 1 aliphatic heterocycles. The quantitative estimate of drug-likeness (QED) is 0.297. The number of thioether (sulfide) groups is 1. The minimum absolute atomic E-state index is 0.0780. The Labute approximate surface area is 249 Å². The number of aromatic nitrogens is 4. The number of rotatable bonds is 9. The number of carbonyl (C=O) groups excluding carboxylic acids is 2. The van der Waals surface area contributed by atoms with Gasteiger partial charge in [0.2, 0.25) is 11.1 Å². The number of fused-ring (bicyclic) bond motifs is 1. The van der Waals surface area contributed by atoms with Gasteiger partial charge in [0.05, 0.1) is 5.75 Å². The maximum Gasteiger partial charge on any atom is 0.253 e. The van der Waals surface area contributed by atoms with Crippen molar-refractivity contribution in [1.82, 2.24) is 34.7 Å². The van der Waals surface area contributed by atoms with Crippen LogP contribution in [-0.2, 0) is 11.2 Å². The van der Waals surface area contributed by atoms with Crippen LogP contribution >= 0.6 is 11.8 Å². The number of aryl methyl sites for hydroxylation is 3. The van der Waals surface area contributed by atoms with Gasteiger partial charge in [-0.1, -0.05) is 41.6 Å². The van der Waals surface area contributed by atoms with Gasteiger partial charge in [-0.3, -0.25) is 14.5 Å². The van der Waals surface area contributed by atoms with Crippen molar-refractivity contribution in [3.8, 4) is 0 Å². The van der Waals surface area contributed by atoms with Crippen molar-refractivity contribution in [2.45, 2.75) is 38.8 Å². The van der Waals surface area contributed by atoms with Gasteiger partial charge in [0.15, 0.2) is 0 Å². The van der Waals surface area contributed by atoms with Crippen LogP contribution in [-0.4, -0.2) is 86.2 Å². The van der Waals surface area contributed by atoms with E-state index >= 15 is 0 Å². The van der Waals surface area contributed by atoms with Crippen molar-refractivity contribution in [3.05, 3.63) is 88.0 Å². The fourth-order valence-corrected chi connectivity index (χ4v) is 5.77. The number of benzene rings is 2. The van der Waals surface area contributed by atoms with E-state index in [0.29, 0.717) is 42.7 Å². The summed E-state index contributed by atoms with van der Waals surface area (Å²) in [5.41, 5.74) is 6.00. The second-order valence-corrected chi connectivity index (χ2v) is 11.6. The Bertz CT molecular complexity index is 1560. The molecule has 2 aromatic carbocycles. The molecule has 0 aliphatic carbocycles. The van der Waals surface area contributed by atoms with Gasteiger partial charge in [0.1, 0.15) is 5.82 Å². The zero-order valence-corrected chi connectivity index (χ0v) is 25.1. The van der Waals surface area contributed by atoms with E-state index in [1.807, 2.05) is 18.7 Å². The molecule has 0 unspecified atom stereocenters. The highest BCUT2D eigenvalue weighted by Crippen LogP contribution is 2.21. The molecule has 5 rings (SSSR count). The van der Waals surface area contributed by atoms with Crippen LogP contribution in [0.1, 0.15) is 44.9 Å². The van der Waals surface area contributed by atoms with Crippen molar-refractivity contribution in [2.24, 2.45) is 0 Å². The number of nitrogens with one attached hydrogen (secondary N) is 1. The smallest absolute Gasteiger partial charge is 0.253 e. The molecule has 9 nitrogen and oxygen atoms in total. The monoisotopic (exact) mass is 589 g/mol. The van der Waals surface area contributed by atoms with Crippen LogP contribution in [0.2, 0.25) is 0 Å². The summed E-state index contributed by atoms with van der Waals surface area (Å²) in [5.74, 6) is 0.238. The van der Waals surface area contributed by atoms with E-state index in [-0.39, 0.29) is 23.4 Å². The van der Waals surface area contributed by atoms with Crippen LogP contribution in [0.5, 0.6) is 0 Å². The van der Waals surface area contributed by atoms with Crippen molar-refractivity contribution in [1.29, 1.82) is 0 Å². The van der Waals surface area contributed by atoms with Crippen molar-refractivity contribution >= 4 is 29.4 Å². The molecule has 220 valence electrons. The normalized spacial score (nSPS) is 14.2. The van der Waals surface area contributed by atoms with Gasteiger partial charge in [0.25, 0.3) is 11.7 Å². The zero-order chi connectivity index (χ0) is 29.6. The molecule has 4 aromatic rings. The molecular weight excluding hydrogens is 553 g/mol. The van der Waals surface area contributed by atoms with Crippen LogP contribution in [0.25, 0.3) is 5.78 Å². The number of halogens is 1. The lowest BCUT2D eigenvalue weighted by atomic mass is 10.0. The number of hydrogen-bond donors (Lipinski definition) is 1. The summed E-state index contributed by atoms with van der Waals surface area (Å²) in [6.07, 6.45) is 1.61. The molecule has 42 heavy (non-hydrogen) atoms. The molecule has 11 heteroatoms. The van der Waals surface area contributed by atoms with Crippen LogP contribution in [0.15, 0.2) is 53.7 Å². The van der Waals surface area contributed by atoms with E-state index in [9.17, 15) is 14.0 Å². The van der Waals surface area contributed by atoms with Gasteiger partial charge in [-0.15, -0.1) is 5.10 Å². The van der Waals surface area contributed by atoms with Crippen molar-refractivity contribution < 1.29 is 14.0 Å². The predicted molar refractivity (Wildman–Crippen MR) is 161 cm³/mol. The maximum atomic E-state index is 13.2. The molecule has 2 aromatic heterocycles. The first-order valence-electron chi connectivity index (χ1n) is 14.2. The Kier molecular flexibility index (Phi) is 9.48. The van der Waals surface area contributed by atoms with Crippen molar-refractivity contribution in [2.75, 3.05) is 45.0 Å². The first kappa shape index (κ1) is 29.7. The third kappa shape index (κ3) is 7.32. The van der Waals surface area contributed by atoms with Crippen molar-refractivity contribution in [3.63, 3.8) is 0 Å². The van der Waals surface area contributed by atoms with E-state index in [2.05, 4.69) is 56.5 Å². The zero-order valence-electron chi connectivity index (χ0n) is 24.3. The summed E-state index contributed by atoms with van der Waals surface area (Å²) in [4.78, 5) is 38.6. The Morgan fingerprint density at radius 1 is 0.952 bits per heavy atom.